The van der Waals surface area contributed by atoms with Crippen LogP contribution in [0.25, 0.3) is 0 Å². The number of carbonyl (C=O) groups excluding carboxylic acids is 1. The van der Waals surface area contributed by atoms with E-state index in [2.05, 4.69) is 54.0 Å². The number of amides is 1. The highest BCUT2D eigenvalue weighted by atomic mass is 79.9. The summed E-state index contributed by atoms with van der Waals surface area (Å²) in [5, 5.41) is 0. The molecular formula is C20H24BrN3OS. The Morgan fingerprint density at radius 2 is 2.04 bits per heavy atom. The molecular weight excluding hydrogens is 410 g/mol. The Hall–Kier alpha value is -1.27. The largest absolute Gasteiger partial charge is 0.369 e. The minimum absolute atomic E-state index is 0.0437. The number of rotatable bonds is 2. The summed E-state index contributed by atoms with van der Waals surface area (Å²) in [6.07, 6.45) is 2.89. The van der Waals surface area contributed by atoms with Crippen LogP contribution in [0.1, 0.15) is 56.1 Å². The van der Waals surface area contributed by atoms with Gasteiger partial charge in [0.25, 0.3) is 0 Å². The van der Waals surface area contributed by atoms with E-state index in [1.165, 1.54) is 20.9 Å². The zero-order valence-corrected chi connectivity index (χ0v) is 17.7. The lowest BCUT2D eigenvalue weighted by Crippen LogP contribution is -2.54. The summed E-state index contributed by atoms with van der Waals surface area (Å²) in [7, 11) is 1.73. The first-order valence-corrected chi connectivity index (χ1v) is 10.9. The van der Waals surface area contributed by atoms with Gasteiger partial charge in [-0.2, -0.15) is 0 Å². The first-order valence-electron chi connectivity index (χ1n) is 9.09. The lowest BCUT2D eigenvalue weighted by molar-refractivity contribution is -0.130. The van der Waals surface area contributed by atoms with Crippen molar-refractivity contribution in [1.82, 2.24) is 4.90 Å². The van der Waals surface area contributed by atoms with Crippen molar-refractivity contribution in [2.24, 2.45) is 10.7 Å². The van der Waals surface area contributed by atoms with Crippen LogP contribution in [-0.2, 0) is 4.79 Å². The van der Waals surface area contributed by atoms with Crippen LogP contribution in [0, 0.1) is 0 Å². The second-order valence-electron chi connectivity index (χ2n) is 7.71. The Bertz CT molecular complexity index is 817. The van der Waals surface area contributed by atoms with Gasteiger partial charge in [-0.1, -0.05) is 59.6 Å². The monoisotopic (exact) mass is 433 g/mol. The molecule has 1 aromatic carbocycles. The highest BCUT2D eigenvalue weighted by molar-refractivity contribution is 9.11. The van der Waals surface area contributed by atoms with Crippen LogP contribution in [0.4, 0.5) is 0 Å². The highest BCUT2D eigenvalue weighted by Crippen LogP contribution is 2.60. The van der Waals surface area contributed by atoms with Gasteiger partial charge in [0.05, 0.1) is 10.1 Å². The molecule has 1 amide bonds. The average Bonchev–Trinajstić information content (AvgIpc) is 3.13. The zero-order valence-electron chi connectivity index (χ0n) is 15.3. The number of hydrogen-bond acceptors (Lipinski definition) is 4. The molecule has 0 bridgehead atoms. The number of carbonyl (C=O) groups is 1. The van der Waals surface area contributed by atoms with E-state index >= 15 is 0 Å². The van der Waals surface area contributed by atoms with E-state index in [-0.39, 0.29) is 11.8 Å². The van der Waals surface area contributed by atoms with Gasteiger partial charge in [-0.25, -0.2) is 4.99 Å². The molecule has 3 aliphatic rings. The van der Waals surface area contributed by atoms with Gasteiger partial charge in [0.1, 0.15) is 5.54 Å². The molecule has 26 heavy (non-hydrogen) atoms. The van der Waals surface area contributed by atoms with Crippen molar-refractivity contribution >= 4 is 39.6 Å². The van der Waals surface area contributed by atoms with E-state index in [0.717, 1.165) is 24.8 Å². The maximum absolute atomic E-state index is 13.3. The summed E-state index contributed by atoms with van der Waals surface area (Å²) in [6.45, 7) is 4.36. The molecule has 0 saturated heterocycles. The van der Waals surface area contributed by atoms with E-state index in [4.69, 9.17) is 10.7 Å². The molecule has 1 aliphatic carbocycles. The molecule has 4 rings (SSSR count). The number of alkyl halides is 1. The van der Waals surface area contributed by atoms with Crippen molar-refractivity contribution < 1.29 is 4.79 Å². The minimum atomic E-state index is -0.532. The molecule has 2 heterocycles. The Labute approximate surface area is 167 Å². The van der Waals surface area contributed by atoms with Crippen LogP contribution in [0.3, 0.4) is 0 Å². The van der Waals surface area contributed by atoms with E-state index in [0.29, 0.717) is 16.0 Å². The third kappa shape index (κ3) is 2.64. The molecule has 2 N–H and O–H groups in total. The number of benzene rings is 1. The summed E-state index contributed by atoms with van der Waals surface area (Å²) in [4.78, 5) is 21.0. The molecule has 0 aromatic heterocycles. The number of allylic oxidation sites excluding steroid dienone is 1. The fraction of sp³-hybridized carbons (Fsp3) is 0.500. The number of thioether (sulfide) groups is 1. The second kappa shape index (κ2) is 6.41. The van der Waals surface area contributed by atoms with Crippen LogP contribution in [-0.4, -0.2) is 33.5 Å². The Morgan fingerprint density at radius 3 is 2.69 bits per heavy atom. The maximum Gasteiger partial charge on any atom is 0.239 e. The first kappa shape index (κ1) is 18.1. The summed E-state index contributed by atoms with van der Waals surface area (Å²) < 4.78 is 0.375. The van der Waals surface area contributed by atoms with Gasteiger partial charge in [-0.3, -0.25) is 9.69 Å². The van der Waals surface area contributed by atoms with Gasteiger partial charge in [-0.15, -0.1) is 11.8 Å². The molecule has 6 heteroatoms. The normalized spacial score (nSPS) is 31.2. The van der Waals surface area contributed by atoms with E-state index in [9.17, 15) is 4.79 Å². The number of hydrogen-bond donors (Lipinski definition) is 1. The Morgan fingerprint density at radius 1 is 1.35 bits per heavy atom. The van der Waals surface area contributed by atoms with Crippen LogP contribution in [0.15, 0.2) is 39.7 Å². The highest BCUT2D eigenvalue weighted by Gasteiger charge is 2.56. The number of aliphatic imine (C=N–C) groups is 1. The standard InChI is InChI=1S/C20H24BrN3OS/c1-11(2)12-4-6-13(7-5-12)16-18(25)24(3)19(22)23-20(16)9-8-14-10-15(21)26-17(14)20/h4-7,11,15-16H,8-10H2,1-3H3,(H2,22,23)/t15?,16-,20+/m1/s1. The van der Waals surface area contributed by atoms with Crippen LogP contribution in [0.2, 0.25) is 0 Å². The number of nitrogens with zero attached hydrogens (tertiary/aromatic N) is 2. The van der Waals surface area contributed by atoms with E-state index in [1.807, 2.05) is 11.8 Å². The van der Waals surface area contributed by atoms with Gasteiger partial charge < -0.3 is 5.73 Å². The SMILES string of the molecule is CC(C)c1ccc([C@@H]2C(=O)N(C)C(N)=N[C@@]23CCC2=C3SC(Br)C2)cc1. The molecule has 3 atom stereocenters. The van der Waals surface area contributed by atoms with Crippen LogP contribution in [0.5, 0.6) is 0 Å². The first-order chi connectivity index (χ1) is 12.3. The molecule has 0 saturated carbocycles. The van der Waals surface area contributed by atoms with E-state index < -0.39 is 5.54 Å². The molecule has 0 fully saturated rings. The van der Waals surface area contributed by atoms with Crippen LogP contribution < -0.4 is 5.73 Å². The lowest BCUT2D eigenvalue weighted by Gasteiger charge is -2.42. The molecule has 4 nitrogen and oxygen atoms in total. The van der Waals surface area contributed by atoms with Gasteiger partial charge in [-0.05, 0) is 36.3 Å². The van der Waals surface area contributed by atoms with Crippen molar-refractivity contribution in [2.45, 2.75) is 54.6 Å². The molecule has 138 valence electrons. The Kier molecular flexibility index (Phi) is 4.47. The van der Waals surface area contributed by atoms with Gasteiger partial charge in [0.2, 0.25) is 5.91 Å². The zero-order chi connectivity index (χ0) is 18.6. The minimum Gasteiger partial charge on any atom is -0.369 e. The molecule has 1 aromatic rings. The molecule has 1 spiro atoms. The topological polar surface area (TPSA) is 58.7 Å². The maximum atomic E-state index is 13.3. The lowest BCUT2D eigenvalue weighted by atomic mass is 9.76. The quantitative estimate of drug-likeness (QED) is 0.706. The predicted octanol–water partition coefficient (Wildman–Crippen LogP) is 4.32. The van der Waals surface area contributed by atoms with Crippen molar-refractivity contribution in [3.63, 3.8) is 0 Å². The predicted molar refractivity (Wildman–Crippen MR) is 112 cm³/mol. The smallest absolute Gasteiger partial charge is 0.239 e. The number of guanidine groups is 1. The van der Waals surface area contributed by atoms with Crippen LogP contribution >= 0.6 is 27.7 Å². The third-order valence-corrected chi connectivity index (χ3v) is 8.01. The van der Waals surface area contributed by atoms with Gasteiger partial charge in [0, 0.05) is 12.0 Å². The van der Waals surface area contributed by atoms with Crippen molar-refractivity contribution in [2.75, 3.05) is 7.05 Å². The number of fused-ring (bicyclic) bond motifs is 1. The van der Waals surface area contributed by atoms with Crippen molar-refractivity contribution in [1.29, 1.82) is 0 Å². The molecule has 0 radical (unpaired) electrons. The average molecular weight is 434 g/mol. The summed E-state index contributed by atoms with van der Waals surface area (Å²) in [5.74, 6) is 0.537. The number of halogens is 1. The Balaban J connectivity index is 1.84. The fourth-order valence-corrected chi connectivity index (χ4v) is 6.66. The second-order valence-corrected chi connectivity index (χ2v) is 10.6. The van der Waals surface area contributed by atoms with Gasteiger partial charge >= 0.3 is 0 Å². The molecule has 1 unspecified atom stereocenters. The summed E-state index contributed by atoms with van der Waals surface area (Å²) in [6, 6.07) is 8.49. The number of nitrogens with two attached hydrogens (primary N) is 1. The van der Waals surface area contributed by atoms with Gasteiger partial charge in [0.15, 0.2) is 5.96 Å². The number of likely N-dealkylation sites (N-methyl/N-ethyl adjacent to an activating group) is 1. The van der Waals surface area contributed by atoms with Crippen molar-refractivity contribution in [3.8, 4) is 0 Å². The fourth-order valence-electron chi connectivity index (χ4n) is 4.35. The van der Waals surface area contributed by atoms with Crippen molar-refractivity contribution in [3.05, 3.63) is 45.9 Å². The third-order valence-electron chi connectivity index (χ3n) is 5.82. The summed E-state index contributed by atoms with van der Waals surface area (Å²) in [5.41, 5.74) is 9.38. The summed E-state index contributed by atoms with van der Waals surface area (Å²) >= 11 is 5.55. The van der Waals surface area contributed by atoms with E-state index in [1.54, 1.807) is 7.05 Å². The molecule has 2 aliphatic heterocycles.